The monoisotopic (exact) mass is 363 g/mol. The van der Waals surface area contributed by atoms with Gasteiger partial charge in [-0.05, 0) is 36.9 Å². The molecule has 136 valence electrons. The van der Waals surface area contributed by atoms with Crippen LogP contribution in [-0.4, -0.2) is 45.0 Å². The molecule has 0 saturated carbocycles. The molecule has 2 aromatic rings. The summed E-state index contributed by atoms with van der Waals surface area (Å²) in [5, 5.41) is 3.27. The Balaban J connectivity index is 2.04. The zero-order chi connectivity index (χ0) is 18.4. The normalized spacial score (nSPS) is 12.2. The van der Waals surface area contributed by atoms with Crippen molar-refractivity contribution in [3.05, 3.63) is 53.9 Å². The molecule has 0 spiro atoms. The molecule has 0 bridgehead atoms. The van der Waals surface area contributed by atoms with E-state index in [4.69, 9.17) is 0 Å². The molecule has 0 aliphatic carbocycles. The quantitative estimate of drug-likeness (QED) is 0.596. The smallest absolute Gasteiger partial charge is 0.240 e. The summed E-state index contributed by atoms with van der Waals surface area (Å²) >= 11 is 0. The highest BCUT2D eigenvalue weighted by Crippen LogP contribution is 2.11. The summed E-state index contributed by atoms with van der Waals surface area (Å²) in [7, 11) is 3.66. The van der Waals surface area contributed by atoms with E-state index in [0.29, 0.717) is 6.54 Å². The molecule has 2 rings (SSSR count). The molecule has 2 N–H and O–H groups in total. The summed E-state index contributed by atoms with van der Waals surface area (Å²) in [6, 6.07) is 10.9. The van der Waals surface area contributed by atoms with Gasteiger partial charge in [-0.2, -0.15) is 0 Å². The third-order valence-corrected chi connectivity index (χ3v) is 5.36. The van der Waals surface area contributed by atoms with Crippen LogP contribution in [0.25, 0.3) is 0 Å². The van der Waals surface area contributed by atoms with Gasteiger partial charge in [0.25, 0.3) is 0 Å². The van der Waals surface area contributed by atoms with Gasteiger partial charge in [-0.25, -0.2) is 13.1 Å². The highest BCUT2D eigenvalue weighted by molar-refractivity contribution is 7.89. The van der Waals surface area contributed by atoms with Crippen molar-refractivity contribution in [2.24, 2.45) is 12.0 Å². The van der Waals surface area contributed by atoms with Crippen molar-refractivity contribution in [1.82, 2.24) is 19.5 Å². The van der Waals surface area contributed by atoms with Crippen molar-refractivity contribution in [3.8, 4) is 0 Å². The second kappa shape index (κ2) is 8.17. The van der Waals surface area contributed by atoms with E-state index in [1.165, 1.54) is 12.7 Å². The van der Waals surface area contributed by atoms with Crippen LogP contribution in [-0.2, 0) is 30.2 Å². The molecule has 0 atom stereocenters. The molecule has 8 heteroatoms. The molecule has 0 amide bonds. The number of hydrogen-bond acceptors (Lipinski definition) is 3. The Labute approximate surface area is 149 Å². The van der Waals surface area contributed by atoms with Crippen LogP contribution >= 0.6 is 0 Å². The lowest BCUT2D eigenvalue weighted by Crippen LogP contribution is -2.38. The van der Waals surface area contributed by atoms with E-state index in [0.717, 1.165) is 18.1 Å². The first-order chi connectivity index (χ1) is 11.9. The Morgan fingerprint density at radius 2 is 2.04 bits per heavy atom. The lowest BCUT2D eigenvalue weighted by atomic mass is 10.2. The molecule has 1 heterocycles. The van der Waals surface area contributed by atoms with Crippen LogP contribution < -0.4 is 10.0 Å². The summed E-state index contributed by atoms with van der Waals surface area (Å²) in [6.07, 6.45) is 2.01. The Morgan fingerprint density at radius 3 is 2.64 bits per heavy atom. The number of nitrogens with zero attached hydrogens (tertiary/aromatic N) is 3. The number of nitrogens with one attached hydrogen (secondary N) is 2. The molecule has 0 saturated heterocycles. The second-order valence-corrected chi connectivity index (χ2v) is 7.61. The number of benzene rings is 1. The molecule has 1 aromatic heterocycles. The fourth-order valence-electron chi connectivity index (χ4n) is 2.48. The van der Waals surface area contributed by atoms with Crippen molar-refractivity contribution in [2.45, 2.75) is 18.0 Å². The van der Waals surface area contributed by atoms with Gasteiger partial charge in [0, 0.05) is 39.6 Å². The molecular formula is C17H25N5O2S. The van der Waals surface area contributed by atoms with Crippen molar-refractivity contribution in [3.63, 3.8) is 0 Å². The van der Waals surface area contributed by atoms with Crippen molar-refractivity contribution in [1.29, 1.82) is 0 Å². The minimum Gasteiger partial charge on any atom is -0.353 e. The third-order valence-electron chi connectivity index (χ3n) is 3.95. The lowest BCUT2D eigenvalue weighted by molar-refractivity contribution is 0.461. The highest BCUT2D eigenvalue weighted by atomic mass is 32.2. The van der Waals surface area contributed by atoms with Crippen LogP contribution in [0.5, 0.6) is 0 Å². The number of aliphatic imine (C=N–C) groups is 1. The van der Waals surface area contributed by atoms with E-state index in [9.17, 15) is 8.42 Å². The maximum atomic E-state index is 11.9. The van der Waals surface area contributed by atoms with E-state index < -0.39 is 10.0 Å². The first-order valence-corrected chi connectivity index (χ1v) is 9.40. The van der Waals surface area contributed by atoms with Gasteiger partial charge < -0.3 is 14.8 Å². The van der Waals surface area contributed by atoms with Gasteiger partial charge in [0.05, 0.1) is 11.4 Å². The largest absolute Gasteiger partial charge is 0.353 e. The number of hydrogen-bond donors (Lipinski definition) is 2. The van der Waals surface area contributed by atoms with Crippen molar-refractivity contribution in [2.75, 3.05) is 21.1 Å². The first kappa shape index (κ1) is 19.0. The van der Waals surface area contributed by atoms with Gasteiger partial charge in [0.1, 0.15) is 0 Å². The zero-order valence-electron chi connectivity index (χ0n) is 15.0. The first-order valence-electron chi connectivity index (χ1n) is 7.92. The molecule has 0 aliphatic rings. The summed E-state index contributed by atoms with van der Waals surface area (Å²) < 4.78 is 28.2. The summed E-state index contributed by atoms with van der Waals surface area (Å²) in [4.78, 5) is 6.56. The highest BCUT2D eigenvalue weighted by Gasteiger charge is 2.12. The zero-order valence-corrected chi connectivity index (χ0v) is 15.8. The Morgan fingerprint density at radius 1 is 1.28 bits per heavy atom. The predicted octanol–water partition coefficient (Wildman–Crippen LogP) is 1.14. The van der Waals surface area contributed by atoms with E-state index in [-0.39, 0.29) is 4.90 Å². The summed E-state index contributed by atoms with van der Waals surface area (Å²) in [6.45, 7) is 1.20. The second-order valence-electron chi connectivity index (χ2n) is 5.72. The van der Waals surface area contributed by atoms with Crippen molar-refractivity contribution < 1.29 is 8.42 Å². The SMILES string of the molecule is CN=C(NCc1cccc(S(=O)(=O)NC)c1)N(C)Cc1cccn1C. The number of aryl methyl sites for hydroxylation is 1. The van der Waals surface area contributed by atoms with Gasteiger partial charge in [-0.3, -0.25) is 4.99 Å². The molecular weight excluding hydrogens is 338 g/mol. The number of rotatable bonds is 6. The maximum absolute atomic E-state index is 11.9. The minimum absolute atomic E-state index is 0.251. The van der Waals surface area contributed by atoms with Gasteiger partial charge in [0.2, 0.25) is 10.0 Å². The topological polar surface area (TPSA) is 78.7 Å². The van der Waals surface area contributed by atoms with E-state index in [1.807, 2.05) is 37.3 Å². The predicted molar refractivity (Wildman–Crippen MR) is 99.8 cm³/mol. The van der Waals surface area contributed by atoms with Crippen LogP contribution in [0, 0.1) is 0 Å². The molecule has 0 fully saturated rings. The third kappa shape index (κ3) is 4.83. The molecule has 1 aromatic carbocycles. The van der Waals surface area contributed by atoms with E-state index >= 15 is 0 Å². The molecule has 0 radical (unpaired) electrons. The Hall–Kier alpha value is -2.32. The Bertz CT molecular complexity index is 842. The van der Waals surface area contributed by atoms with Crippen LogP contribution in [0.3, 0.4) is 0 Å². The summed E-state index contributed by atoms with van der Waals surface area (Å²) in [5.74, 6) is 0.739. The molecule has 0 aliphatic heterocycles. The van der Waals surface area contributed by atoms with Crippen LogP contribution in [0.15, 0.2) is 52.5 Å². The van der Waals surface area contributed by atoms with Gasteiger partial charge in [-0.15, -0.1) is 0 Å². The maximum Gasteiger partial charge on any atom is 0.240 e. The number of sulfonamides is 1. The average molecular weight is 363 g/mol. The van der Waals surface area contributed by atoms with Gasteiger partial charge >= 0.3 is 0 Å². The fourth-order valence-corrected chi connectivity index (χ4v) is 3.28. The van der Waals surface area contributed by atoms with Crippen LogP contribution in [0.1, 0.15) is 11.3 Å². The lowest BCUT2D eigenvalue weighted by Gasteiger charge is -2.22. The Kier molecular flexibility index (Phi) is 6.22. The van der Waals surface area contributed by atoms with Crippen molar-refractivity contribution >= 4 is 16.0 Å². The van der Waals surface area contributed by atoms with Crippen LogP contribution in [0.2, 0.25) is 0 Å². The molecule has 7 nitrogen and oxygen atoms in total. The molecule has 25 heavy (non-hydrogen) atoms. The number of aromatic nitrogens is 1. The fraction of sp³-hybridized carbons (Fsp3) is 0.353. The van der Waals surface area contributed by atoms with E-state index in [2.05, 4.69) is 25.7 Å². The van der Waals surface area contributed by atoms with Gasteiger partial charge in [0.15, 0.2) is 5.96 Å². The van der Waals surface area contributed by atoms with E-state index in [1.54, 1.807) is 25.2 Å². The molecule has 0 unspecified atom stereocenters. The number of guanidine groups is 1. The van der Waals surface area contributed by atoms with Crippen LogP contribution in [0.4, 0.5) is 0 Å². The van der Waals surface area contributed by atoms with Gasteiger partial charge in [-0.1, -0.05) is 12.1 Å². The standard InChI is InChI=1S/C17H25N5O2S/c1-18-17(22(4)13-15-8-6-10-21(15)3)20-12-14-7-5-9-16(11-14)25(23,24)19-2/h5-11,19H,12-13H2,1-4H3,(H,18,20). The minimum atomic E-state index is -3.44. The average Bonchev–Trinajstić information content (AvgIpc) is 3.00. The summed E-state index contributed by atoms with van der Waals surface area (Å²) in [5.41, 5.74) is 2.04.